The predicted octanol–water partition coefficient (Wildman–Crippen LogP) is 5.59. The van der Waals surface area contributed by atoms with Gasteiger partial charge in [0.15, 0.2) is 0 Å². The molecule has 4 rings (SSSR count). The van der Waals surface area contributed by atoms with Gasteiger partial charge in [-0.25, -0.2) is 4.39 Å². The number of methoxy groups -OCH3 is 1. The Hall–Kier alpha value is -2.86. The topological polar surface area (TPSA) is 46.6 Å². The molecule has 2 atom stereocenters. The summed E-state index contributed by atoms with van der Waals surface area (Å²) < 4.78 is 25.2. The van der Waals surface area contributed by atoms with E-state index in [1.165, 1.54) is 0 Å². The van der Waals surface area contributed by atoms with Crippen molar-refractivity contribution in [3.8, 4) is 5.75 Å². The van der Waals surface area contributed by atoms with Crippen LogP contribution in [0.25, 0.3) is 10.9 Å². The summed E-state index contributed by atoms with van der Waals surface area (Å²) in [6.45, 7) is 8.75. The Morgan fingerprint density at radius 3 is 2.58 bits per heavy atom. The standard InChI is InChI=1S/C25H30FN3O2/c1-16-19(17(2)26)6-5-7-20(16)18(3)28-22-8-9-27-23-15-25(30-4)24(14-21(22)23)29-10-12-31-13-11-29/h5-9,14-15,17-18H,10-13H2,1-4H3,(H,27,28). The average molecular weight is 424 g/mol. The van der Waals surface area contributed by atoms with Crippen molar-refractivity contribution in [3.05, 3.63) is 59.3 Å². The van der Waals surface area contributed by atoms with E-state index >= 15 is 0 Å². The molecule has 1 aliphatic rings. The summed E-state index contributed by atoms with van der Waals surface area (Å²) in [5.74, 6) is 0.813. The molecule has 0 bridgehead atoms. The molecular weight excluding hydrogens is 393 g/mol. The van der Waals surface area contributed by atoms with E-state index in [2.05, 4.69) is 34.3 Å². The van der Waals surface area contributed by atoms with E-state index in [0.717, 1.165) is 57.8 Å². The smallest absolute Gasteiger partial charge is 0.144 e. The highest BCUT2D eigenvalue weighted by molar-refractivity contribution is 5.95. The van der Waals surface area contributed by atoms with Crippen molar-refractivity contribution >= 4 is 22.3 Å². The molecule has 1 aliphatic heterocycles. The first-order chi connectivity index (χ1) is 15.0. The summed E-state index contributed by atoms with van der Waals surface area (Å²) in [7, 11) is 1.69. The number of rotatable bonds is 6. The second kappa shape index (κ2) is 9.10. The van der Waals surface area contributed by atoms with E-state index in [0.29, 0.717) is 13.2 Å². The van der Waals surface area contributed by atoms with Crippen molar-refractivity contribution in [2.75, 3.05) is 43.6 Å². The van der Waals surface area contributed by atoms with Crippen molar-refractivity contribution < 1.29 is 13.9 Å². The van der Waals surface area contributed by atoms with E-state index in [9.17, 15) is 4.39 Å². The number of aromatic nitrogens is 1. The molecule has 1 N–H and O–H groups in total. The van der Waals surface area contributed by atoms with Gasteiger partial charge in [-0.2, -0.15) is 0 Å². The van der Waals surface area contributed by atoms with E-state index in [-0.39, 0.29) is 6.04 Å². The lowest BCUT2D eigenvalue weighted by molar-refractivity contribution is 0.122. The summed E-state index contributed by atoms with van der Waals surface area (Å²) in [4.78, 5) is 6.85. The molecule has 0 radical (unpaired) electrons. The molecule has 3 aromatic rings. The molecule has 0 amide bonds. The third-order valence-electron chi connectivity index (χ3n) is 6.08. The van der Waals surface area contributed by atoms with Gasteiger partial charge in [0.1, 0.15) is 11.9 Å². The van der Waals surface area contributed by atoms with Gasteiger partial charge in [-0.15, -0.1) is 0 Å². The van der Waals surface area contributed by atoms with Gasteiger partial charge in [0, 0.05) is 42.5 Å². The average Bonchev–Trinajstić information content (AvgIpc) is 2.78. The van der Waals surface area contributed by atoms with Crippen molar-refractivity contribution in [2.24, 2.45) is 0 Å². The van der Waals surface area contributed by atoms with Gasteiger partial charge in [0.2, 0.25) is 0 Å². The van der Waals surface area contributed by atoms with E-state index in [1.807, 2.05) is 31.2 Å². The van der Waals surface area contributed by atoms with Crippen molar-refractivity contribution in [1.29, 1.82) is 0 Å². The number of morpholine rings is 1. The molecule has 2 aromatic carbocycles. The Morgan fingerprint density at radius 1 is 1.13 bits per heavy atom. The molecule has 5 nitrogen and oxygen atoms in total. The van der Waals surface area contributed by atoms with Crippen LogP contribution in [0.2, 0.25) is 0 Å². The summed E-state index contributed by atoms with van der Waals surface area (Å²) in [5.41, 5.74) is 5.73. The summed E-state index contributed by atoms with van der Waals surface area (Å²) in [6, 6.07) is 12.0. The number of anilines is 2. The Labute approximate surface area is 183 Å². The highest BCUT2D eigenvalue weighted by atomic mass is 19.1. The lowest BCUT2D eigenvalue weighted by atomic mass is 9.95. The minimum atomic E-state index is -0.988. The molecule has 1 aromatic heterocycles. The Kier molecular flexibility index (Phi) is 6.28. The molecule has 0 saturated carbocycles. The monoisotopic (exact) mass is 423 g/mol. The number of halogens is 1. The Balaban J connectivity index is 1.72. The second-order valence-corrected chi connectivity index (χ2v) is 8.04. The van der Waals surface area contributed by atoms with Crippen molar-refractivity contribution in [2.45, 2.75) is 33.0 Å². The zero-order valence-electron chi connectivity index (χ0n) is 18.6. The van der Waals surface area contributed by atoms with Gasteiger partial charge in [0.05, 0.1) is 31.5 Å². The van der Waals surface area contributed by atoms with Gasteiger partial charge in [-0.05, 0) is 49.6 Å². The molecular formula is C25H30FN3O2. The van der Waals surface area contributed by atoms with Crippen LogP contribution in [-0.4, -0.2) is 38.4 Å². The number of pyridine rings is 1. The second-order valence-electron chi connectivity index (χ2n) is 8.04. The first kappa shape index (κ1) is 21.4. The minimum absolute atomic E-state index is 0.0123. The zero-order valence-corrected chi connectivity index (χ0v) is 18.6. The third-order valence-corrected chi connectivity index (χ3v) is 6.08. The van der Waals surface area contributed by atoms with Crippen LogP contribution in [0.1, 0.15) is 42.8 Å². The van der Waals surface area contributed by atoms with Gasteiger partial charge >= 0.3 is 0 Å². The van der Waals surface area contributed by atoms with Gasteiger partial charge in [-0.1, -0.05) is 18.2 Å². The molecule has 2 heterocycles. The molecule has 0 aliphatic carbocycles. The molecule has 0 spiro atoms. The quantitative estimate of drug-likeness (QED) is 0.560. The van der Waals surface area contributed by atoms with Crippen LogP contribution < -0.4 is 15.0 Å². The van der Waals surface area contributed by atoms with Crippen LogP contribution >= 0.6 is 0 Å². The Bertz CT molecular complexity index is 1060. The fraction of sp³-hybridized carbons (Fsp3) is 0.400. The number of benzene rings is 2. The van der Waals surface area contributed by atoms with E-state index in [1.54, 1.807) is 20.2 Å². The minimum Gasteiger partial charge on any atom is -0.495 e. The maximum Gasteiger partial charge on any atom is 0.144 e. The highest BCUT2D eigenvalue weighted by Crippen LogP contribution is 2.37. The normalized spacial score (nSPS) is 16.2. The summed E-state index contributed by atoms with van der Waals surface area (Å²) in [5, 5.41) is 4.66. The number of alkyl halides is 1. The van der Waals surface area contributed by atoms with Gasteiger partial charge < -0.3 is 19.7 Å². The van der Waals surface area contributed by atoms with E-state index in [4.69, 9.17) is 9.47 Å². The number of hydrogen-bond acceptors (Lipinski definition) is 5. The lowest BCUT2D eigenvalue weighted by Gasteiger charge is -2.30. The Morgan fingerprint density at radius 2 is 1.87 bits per heavy atom. The first-order valence-electron chi connectivity index (χ1n) is 10.8. The fourth-order valence-electron chi connectivity index (χ4n) is 4.39. The molecule has 1 saturated heterocycles. The number of nitrogens with one attached hydrogen (secondary N) is 1. The molecule has 6 heteroatoms. The number of nitrogens with zero attached hydrogens (tertiary/aromatic N) is 2. The maximum absolute atomic E-state index is 14.0. The number of fused-ring (bicyclic) bond motifs is 1. The summed E-state index contributed by atoms with van der Waals surface area (Å²) >= 11 is 0. The van der Waals surface area contributed by atoms with Crippen LogP contribution in [0.15, 0.2) is 42.6 Å². The van der Waals surface area contributed by atoms with Gasteiger partial charge in [-0.3, -0.25) is 4.98 Å². The van der Waals surface area contributed by atoms with Crippen molar-refractivity contribution in [3.63, 3.8) is 0 Å². The van der Waals surface area contributed by atoms with Crippen LogP contribution in [0.4, 0.5) is 15.8 Å². The molecule has 164 valence electrons. The van der Waals surface area contributed by atoms with Gasteiger partial charge in [0.25, 0.3) is 0 Å². The van der Waals surface area contributed by atoms with Crippen LogP contribution in [0.3, 0.4) is 0 Å². The number of hydrogen-bond donors (Lipinski definition) is 1. The molecule has 1 fully saturated rings. The van der Waals surface area contributed by atoms with E-state index < -0.39 is 6.17 Å². The molecule has 31 heavy (non-hydrogen) atoms. The van der Waals surface area contributed by atoms with Crippen LogP contribution in [-0.2, 0) is 4.74 Å². The van der Waals surface area contributed by atoms with Crippen LogP contribution in [0, 0.1) is 6.92 Å². The fourth-order valence-corrected chi connectivity index (χ4v) is 4.39. The predicted molar refractivity (Wildman–Crippen MR) is 124 cm³/mol. The van der Waals surface area contributed by atoms with Crippen molar-refractivity contribution in [1.82, 2.24) is 4.98 Å². The lowest BCUT2D eigenvalue weighted by Crippen LogP contribution is -2.36. The maximum atomic E-state index is 14.0. The summed E-state index contributed by atoms with van der Waals surface area (Å²) in [6.07, 6.45) is 0.815. The first-order valence-corrected chi connectivity index (χ1v) is 10.8. The third kappa shape index (κ3) is 4.30. The SMILES string of the molecule is COc1cc2nccc(NC(C)c3cccc(C(C)F)c3C)c2cc1N1CCOCC1. The highest BCUT2D eigenvalue weighted by Gasteiger charge is 2.19. The number of ether oxygens (including phenoxy) is 2. The largest absolute Gasteiger partial charge is 0.495 e. The molecule has 2 unspecified atom stereocenters. The zero-order chi connectivity index (χ0) is 22.0. The van der Waals surface area contributed by atoms with Crippen LogP contribution in [0.5, 0.6) is 5.75 Å².